The van der Waals surface area contributed by atoms with E-state index in [0.29, 0.717) is 16.2 Å². The van der Waals surface area contributed by atoms with Gasteiger partial charge in [-0.05, 0) is 55.3 Å². The van der Waals surface area contributed by atoms with Crippen LogP contribution in [0, 0.1) is 13.8 Å². The molecule has 2 aromatic carbocycles. The van der Waals surface area contributed by atoms with E-state index >= 15 is 0 Å². The van der Waals surface area contributed by atoms with Gasteiger partial charge < -0.3 is 15.0 Å². The normalized spacial score (nSPS) is 10.8. The van der Waals surface area contributed by atoms with Crippen molar-refractivity contribution in [2.75, 3.05) is 18.2 Å². The number of aromatic nitrogens is 1. The molecule has 0 spiro atoms. The Balaban J connectivity index is 1.88. The monoisotopic (exact) mass is 430 g/mol. The number of benzene rings is 2. The SMILES string of the molecule is COC(=O)c1c(SCC(=O)Nc2cc(C)cc(C)c2)[nH]c2ccc(Cl)cc2c1=O. The molecule has 0 saturated heterocycles. The van der Waals surface area contributed by atoms with Crippen molar-refractivity contribution in [3.8, 4) is 0 Å². The number of carbonyl (C=O) groups excluding carboxylic acids is 2. The van der Waals surface area contributed by atoms with Crippen molar-refractivity contribution >= 4 is 51.8 Å². The molecule has 2 N–H and O–H groups in total. The Morgan fingerprint density at radius 2 is 1.83 bits per heavy atom. The summed E-state index contributed by atoms with van der Waals surface area (Å²) in [4.78, 5) is 40.5. The number of hydrogen-bond donors (Lipinski definition) is 2. The molecule has 0 aliphatic carbocycles. The van der Waals surface area contributed by atoms with Crippen LogP contribution in [0.4, 0.5) is 5.69 Å². The Labute approximate surface area is 176 Å². The fourth-order valence-electron chi connectivity index (χ4n) is 3.01. The topological polar surface area (TPSA) is 88.3 Å². The number of aryl methyl sites for hydroxylation is 2. The second-order valence-corrected chi connectivity index (χ2v) is 7.98. The number of amides is 1. The number of H-pyrrole nitrogens is 1. The third-order valence-corrected chi connectivity index (χ3v) is 5.41. The molecule has 0 bridgehead atoms. The largest absolute Gasteiger partial charge is 0.465 e. The predicted octanol–water partition coefficient (Wildman–Crippen LogP) is 4.32. The van der Waals surface area contributed by atoms with Crippen molar-refractivity contribution in [1.82, 2.24) is 4.98 Å². The van der Waals surface area contributed by atoms with E-state index < -0.39 is 11.4 Å². The van der Waals surface area contributed by atoms with Gasteiger partial charge in [-0.2, -0.15) is 0 Å². The Morgan fingerprint density at radius 1 is 1.14 bits per heavy atom. The molecule has 6 nitrogen and oxygen atoms in total. The standard InChI is InChI=1S/C21H19ClN2O4S/c1-11-6-12(2)8-14(7-11)23-17(25)10-29-20-18(21(27)28-3)19(26)15-9-13(22)4-5-16(15)24-20/h4-9H,10H2,1-3H3,(H,23,25)(H,24,26). The lowest BCUT2D eigenvalue weighted by Crippen LogP contribution is -2.20. The first kappa shape index (κ1) is 21.0. The van der Waals surface area contributed by atoms with Crippen LogP contribution in [0.5, 0.6) is 0 Å². The van der Waals surface area contributed by atoms with Crippen molar-refractivity contribution in [2.24, 2.45) is 0 Å². The van der Waals surface area contributed by atoms with Crippen LogP contribution >= 0.6 is 23.4 Å². The molecular weight excluding hydrogens is 412 g/mol. The number of pyridine rings is 1. The van der Waals surface area contributed by atoms with Gasteiger partial charge in [-0.1, -0.05) is 29.4 Å². The Bertz CT molecular complexity index is 1150. The van der Waals surface area contributed by atoms with Crippen molar-refractivity contribution in [3.63, 3.8) is 0 Å². The van der Waals surface area contributed by atoms with E-state index in [1.54, 1.807) is 12.1 Å². The summed E-state index contributed by atoms with van der Waals surface area (Å²) in [6, 6.07) is 10.5. The number of anilines is 1. The molecule has 3 rings (SSSR count). The Morgan fingerprint density at radius 3 is 2.48 bits per heavy atom. The Hall–Kier alpha value is -2.77. The first-order valence-corrected chi connectivity index (χ1v) is 10.1. The molecule has 0 fully saturated rings. The van der Waals surface area contributed by atoms with Gasteiger partial charge in [0.25, 0.3) is 0 Å². The van der Waals surface area contributed by atoms with E-state index in [2.05, 4.69) is 10.3 Å². The van der Waals surface area contributed by atoms with Crippen LogP contribution in [0.25, 0.3) is 10.9 Å². The lowest BCUT2D eigenvalue weighted by molar-refractivity contribution is -0.113. The van der Waals surface area contributed by atoms with Crippen molar-refractivity contribution in [1.29, 1.82) is 0 Å². The molecule has 0 unspecified atom stereocenters. The molecule has 1 aromatic heterocycles. The molecule has 3 aromatic rings. The maximum Gasteiger partial charge on any atom is 0.344 e. The zero-order valence-electron chi connectivity index (χ0n) is 16.1. The molecular formula is C21H19ClN2O4S. The van der Waals surface area contributed by atoms with Crippen LogP contribution in [0.2, 0.25) is 5.02 Å². The first-order chi connectivity index (χ1) is 13.8. The summed E-state index contributed by atoms with van der Waals surface area (Å²) in [5.74, 6) is -1.02. The fraction of sp³-hybridized carbons (Fsp3) is 0.190. The average Bonchev–Trinajstić information content (AvgIpc) is 2.65. The molecule has 8 heteroatoms. The molecule has 1 amide bonds. The lowest BCUT2D eigenvalue weighted by atomic mass is 10.1. The van der Waals surface area contributed by atoms with Crippen molar-refractivity contribution in [2.45, 2.75) is 18.9 Å². The van der Waals surface area contributed by atoms with Crippen LogP contribution in [-0.4, -0.2) is 29.7 Å². The van der Waals surface area contributed by atoms with Crippen LogP contribution in [-0.2, 0) is 9.53 Å². The number of halogens is 1. The quantitative estimate of drug-likeness (QED) is 0.465. The molecule has 0 aliphatic heterocycles. The van der Waals surface area contributed by atoms with E-state index in [1.807, 2.05) is 32.0 Å². The van der Waals surface area contributed by atoms with E-state index in [4.69, 9.17) is 16.3 Å². The van der Waals surface area contributed by atoms with E-state index in [9.17, 15) is 14.4 Å². The number of hydrogen-bond acceptors (Lipinski definition) is 5. The highest BCUT2D eigenvalue weighted by Crippen LogP contribution is 2.24. The molecule has 150 valence electrons. The highest BCUT2D eigenvalue weighted by molar-refractivity contribution is 8.00. The number of methoxy groups -OCH3 is 1. The third-order valence-electron chi connectivity index (χ3n) is 4.17. The summed E-state index contributed by atoms with van der Waals surface area (Å²) in [7, 11) is 1.20. The van der Waals surface area contributed by atoms with Gasteiger partial charge in [0.2, 0.25) is 11.3 Å². The number of rotatable bonds is 5. The summed E-state index contributed by atoms with van der Waals surface area (Å²) < 4.78 is 4.76. The van der Waals surface area contributed by atoms with Gasteiger partial charge in [-0.15, -0.1) is 0 Å². The number of esters is 1. The summed E-state index contributed by atoms with van der Waals surface area (Å²) in [5, 5.41) is 3.76. The molecule has 0 atom stereocenters. The fourth-order valence-corrected chi connectivity index (χ4v) is 4.04. The van der Waals surface area contributed by atoms with Gasteiger partial charge in [-0.3, -0.25) is 9.59 Å². The van der Waals surface area contributed by atoms with Crippen LogP contribution < -0.4 is 10.7 Å². The minimum absolute atomic E-state index is 0.00597. The zero-order chi connectivity index (χ0) is 21.1. The smallest absolute Gasteiger partial charge is 0.344 e. The lowest BCUT2D eigenvalue weighted by Gasteiger charge is -2.11. The number of nitrogens with one attached hydrogen (secondary N) is 2. The highest BCUT2D eigenvalue weighted by atomic mass is 35.5. The summed E-state index contributed by atoms with van der Waals surface area (Å²) in [6.07, 6.45) is 0. The zero-order valence-corrected chi connectivity index (χ0v) is 17.7. The summed E-state index contributed by atoms with van der Waals surface area (Å²) in [6.45, 7) is 3.90. The molecule has 0 saturated carbocycles. The first-order valence-electron chi connectivity index (χ1n) is 8.73. The summed E-state index contributed by atoms with van der Waals surface area (Å²) >= 11 is 7.03. The third kappa shape index (κ3) is 4.81. The molecule has 0 radical (unpaired) electrons. The van der Waals surface area contributed by atoms with E-state index in [0.717, 1.165) is 22.9 Å². The van der Waals surface area contributed by atoms with Crippen LogP contribution in [0.15, 0.2) is 46.2 Å². The van der Waals surface area contributed by atoms with E-state index in [1.165, 1.54) is 13.2 Å². The summed E-state index contributed by atoms with van der Waals surface area (Å²) in [5.41, 5.74) is 2.65. The number of thioether (sulfide) groups is 1. The van der Waals surface area contributed by atoms with Gasteiger partial charge in [0.15, 0.2) is 0 Å². The second-order valence-electron chi connectivity index (χ2n) is 6.55. The van der Waals surface area contributed by atoms with Gasteiger partial charge >= 0.3 is 5.97 Å². The number of ether oxygens (including phenoxy) is 1. The number of carbonyl (C=O) groups is 2. The number of fused-ring (bicyclic) bond motifs is 1. The average molecular weight is 431 g/mol. The predicted molar refractivity (Wildman–Crippen MR) is 116 cm³/mol. The number of aromatic amines is 1. The second kappa shape index (κ2) is 8.71. The molecule has 29 heavy (non-hydrogen) atoms. The van der Waals surface area contributed by atoms with E-state index in [-0.39, 0.29) is 27.6 Å². The van der Waals surface area contributed by atoms with Gasteiger partial charge in [0, 0.05) is 16.1 Å². The van der Waals surface area contributed by atoms with Crippen molar-refractivity contribution < 1.29 is 14.3 Å². The highest BCUT2D eigenvalue weighted by Gasteiger charge is 2.21. The van der Waals surface area contributed by atoms with Gasteiger partial charge in [-0.25, -0.2) is 4.79 Å². The van der Waals surface area contributed by atoms with Crippen LogP contribution in [0.3, 0.4) is 0 Å². The minimum Gasteiger partial charge on any atom is -0.465 e. The van der Waals surface area contributed by atoms with Crippen molar-refractivity contribution in [3.05, 3.63) is 68.3 Å². The maximum atomic E-state index is 12.8. The molecule has 0 aliphatic rings. The Kier molecular flexibility index (Phi) is 6.30. The van der Waals surface area contributed by atoms with Crippen LogP contribution in [0.1, 0.15) is 21.5 Å². The molecule has 1 heterocycles. The van der Waals surface area contributed by atoms with Gasteiger partial charge in [0.05, 0.1) is 23.4 Å². The van der Waals surface area contributed by atoms with Gasteiger partial charge in [0.1, 0.15) is 5.56 Å². The minimum atomic E-state index is -0.773. The maximum absolute atomic E-state index is 12.8.